The largest absolute Gasteiger partial charge is 0.266 e. The molecule has 1 fully saturated rings. The molecule has 1 saturated carbocycles. The van der Waals surface area contributed by atoms with Gasteiger partial charge in [-0.2, -0.15) is 0 Å². The maximum absolute atomic E-state index is 5.96. The second-order valence-electron chi connectivity index (χ2n) is 5.46. The Balaban J connectivity index is 2.17. The van der Waals surface area contributed by atoms with E-state index in [1.54, 1.807) is 6.07 Å². The van der Waals surface area contributed by atoms with Gasteiger partial charge in [-0.25, -0.2) is 4.98 Å². The van der Waals surface area contributed by atoms with Gasteiger partial charge in [0.2, 0.25) is 0 Å². The summed E-state index contributed by atoms with van der Waals surface area (Å²) >= 11 is 5.96. The first-order valence-electron chi connectivity index (χ1n) is 6.49. The molecule has 0 aliphatic heterocycles. The molecule has 3 rings (SSSR count). The standard InChI is InChI=1S/C13H17ClN4/c1-9-15-10(14)8-11-16-17-12(18(9)11)13(2)6-4-3-5-7-13/h8H,3-7H2,1-2H3. The molecule has 0 spiro atoms. The number of hydrogen-bond acceptors (Lipinski definition) is 3. The highest BCUT2D eigenvalue weighted by molar-refractivity contribution is 6.29. The Bertz CT molecular complexity index is 584. The number of nitrogens with zero attached hydrogens (tertiary/aromatic N) is 4. The van der Waals surface area contributed by atoms with Gasteiger partial charge in [0.15, 0.2) is 5.65 Å². The van der Waals surface area contributed by atoms with Crippen molar-refractivity contribution < 1.29 is 0 Å². The molecular formula is C13H17ClN4. The van der Waals surface area contributed by atoms with Crippen molar-refractivity contribution in [1.82, 2.24) is 19.6 Å². The smallest absolute Gasteiger partial charge is 0.165 e. The zero-order valence-electron chi connectivity index (χ0n) is 10.8. The fourth-order valence-corrected chi connectivity index (χ4v) is 3.22. The fourth-order valence-electron chi connectivity index (χ4n) is 3.00. The molecule has 0 aromatic carbocycles. The SMILES string of the molecule is Cc1nc(Cl)cc2nnc(C3(C)CCCCC3)n12. The minimum Gasteiger partial charge on any atom is -0.266 e. The predicted molar refractivity (Wildman–Crippen MR) is 71.0 cm³/mol. The van der Waals surface area contributed by atoms with Crippen LogP contribution in [0.25, 0.3) is 5.65 Å². The Morgan fingerprint density at radius 1 is 1.22 bits per heavy atom. The van der Waals surface area contributed by atoms with E-state index in [4.69, 9.17) is 11.6 Å². The van der Waals surface area contributed by atoms with Gasteiger partial charge in [0.05, 0.1) is 0 Å². The normalized spacial score (nSPS) is 19.3. The predicted octanol–water partition coefficient (Wildman–Crippen LogP) is 3.31. The van der Waals surface area contributed by atoms with Crippen molar-refractivity contribution in [1.29, 1.82) is 0 Å². The first-order chi connectivity index (χ1) is 8.60. The van der Waals surface area contributed by atoms with Crippen LogP contribution in [0.1, 0.15) is 50.7 Å². The lowest BCUT2D eigenvalue weighted by Gasteiger charge is -2.31. The zero-order valence-corrected chi connectivity index (χ0v) is 11.5. The summed E-state index contributed by atoms with van der Waals surface area (Å²) in [6.45, 7) is 4.24. The molecule has 0 saturated heterocycles. The molecule has 96 valence electrons. The molecule has 0 bridgehead atoms. The molecule has 2 heterocycles. The van der Waals surface area contributed by atoms with E-state index < -0.39 is 0 Å². The molecule has 18 heavy (non-hydrogen) atoms. The lowest BCUT2D eigenvalue weighted by molar-refractivity contribution is 0.301. The van der Waals surface area contributed by atoms with Crippen LogP contribution in [0, 0.1) is 6.92 Å². The topological polar surface area (TPSA) is 43.1 Å². The summed E-state index contributed by atoms with van der Waals surface area (Å²) in [5.74, 6) is 1.91. The third-order valence-electron chi connectivity index (χ3n) is 4.03. The minimum atomic E-state index is 0.123. The molecule has 0 atom stereocenters. The molecule has 0 radical (unpaired) electrons. The molecule has 2 aromatic rings. The maximum Gasteiger partial charge on any atom is 0.165 e. The van der Waals surface area contributed by atoms with Crippen LogP contribution in [-0.4, -0.2) is 19.6 Å². The number of hydrogen-bond donors (Lipinski definition) is 0. The summed E-state index contributed by atoms with van der Waals surface area (Å²) in [5.41, 5.74) is 0.923. The fraction of sp³-hybridized carbons (Fsp3) is 0.615. The Hall–Kier alpha value is -1.16. The number of halogens is 1. The molecule has 5 heteroatoms. The summed E-state index contributed by atoms with van der Waals surface area (Å²) in [7, 11) is 0. The van der Waals surface area contributed by atoms with Crippen molar-refractivity contribution in [3.8, 4) is 0 Å². The Morgan fingerprint density at radius 3 is 2.67 bits per heavy atom. The molecule has 4 nitrogen and oxygen atoms in total. The van der Waals surface area contributed by atoms with Crippen molar-refractivity contribution in [2.24, 2.45) is 0 Å². The van der Waals surface area contributed by atoms with Crippen molar-refractivity contribution in [2.75, 3.05) is 0 Å². The van der Waals surface area contributed by atoms with E-state index in [-0.39, 0.29) is 5.41 Å². The lowest BCUT2D eigenvalue weighted by Crippen LogP contribution is -2.28. The molecule has 1 aliphatic carbocycles. The summed E-state index contributed by atoms with van der Waals surface area (Å²) < 4.78 is 2.05. The van der Waals surface area contributed by atoms with Gasteiger partial charge in [-0.05, 0) is 19.8 Å². The monoisotopic (exact) mass is 264 g/mol. The van der Waals surface area contributed by atoms with E-state index in [9.17, 15) is 0 Å². The van der Waals surface area contributed by atoms with Crippen LogP contribution in [-0.2, 0) is 5.41 Å². The van der Waals surface area contributed by atoms with Gasteiger partial charge in [0.1, 0.15) is 16.8 Å². The van der Waals surface area contributed by atoms with Crippen LogP contribution in [0.4, 0.5) is 0 Å². The van der Waals surface area contributed by atoms with Crippen LogP contribution in [0.3, 0.4) is 0 Å². The molecule has 0 amide bonds. The molecule has 1 aliphatic rings. The van der Waals surface area contributed by atoms with E-state index in [0.717, 1.165) is 17.3 Å². The van der Waals surface area contributed by atoms with Crippen LogP contribution in [0.15, 0.2) is 6.07 Å². The van der Waals surface area contributed by atoms with E-state index in [1.165, 1.54) is 32.1 Å². The number of aryl methyl sites for hydroxylation is 1. The third-order valence-corrected chi connectivity index (χ3v) is 4.22. The van der Waals surface area contributed by atoms with Gasteiger partial charge in [0, 0.05) is 11.5 Å². The van der Waals surface area contributed by atoms with Crippen molar-refractivity contribution >= 4 is 17.2 Å². The Morgan fingerprint density at radius 2 is 1.94 bits per heavy atom. The zero-order chi connectivity index (χ0) is 12.8. The van der Waals surface area contributed by atoms with Crippen molar-refractivity contribution in [3.05, 3.63) is 22.9 Å². The average molecular weight is 265 g/mol. The molecule has 0 unspecified atom stereocenters. The second-order valence-corrected chi connectivity index (χ2v) is 5.85. The quantitative estimate of drug-likeness (QED) is 0.742. The third kappa shape index (κ3) is 1.79. The summed E-state index contributed by atoms with van der Waals surface area (Å²) in [4.78, 5) is 4.31. The first kappa shape index (κ1) is 11.9. The highest BCUT2D eigenvalue weighted by atomic mass is 35.5. The van der Waals surface area contributed by atoms with Crippen molar-refractivity contribution in [2.45, 2.75) is 51.4 Å². The van der Waals surface area contributed by atoms with E-state index >= 15 is 0 Å². The summed E-state index contributed by atoms with van der Waals surface area (Å²) in [5, 5.41) is 9.14. The molecule has 2 aromatic heterocycles. The highest BCUT2D eigenvalue weighted by Gasteiger charge is 2.33. The summed E-state index contributed by atoms with van der Waals surface area (Å²) in [6, 6.07) is 1.78. The Kier molecular flexibility index (Phi) is 2.77. The van der Waals surface area contributed by atoms with Gasteiger partial charge >= 0.3 is 0 Å². The van der Waals surface area contributed by atoms with E-state index in [1.807, 2.05) is 6.92 Å². The van der Waals surface area contributed by atoms with Crippen LogP contribution in [0.5, 0.6) is 0 Å². The first-order valence-corrected chi connectivity index (χ1v) is 6.87. The van der Waals surface area contributed by atoms with E-state index in [0.29, 0.717) is 5.15 Å². The highest BCUT2D eigenvalue weighted by Crippen LogP contribution is 2.38. The van der Waals surface area contributed by atoms with Gasteiger partial charge in [-0.1, -0.05) is 37.8 Å². The van der Waals surface area contributed by atoms with Gasteiger partial charge < -0.3 is 0 Å². The number of aromatic nitrogens is 4. The maximum atomic E-state index is 5.96. The second kappa shape index (κ2) is 4.19. The van der Waals surface area contributed by atoms with Gasteiger partial charge in [-0.15, -0.1) is 10.2 Å². The van der Waals surface area contributed by atoms with Crippen LogP contribution >= 0.6 is 11.6 Å². The average Bonchev–Trinajstić information content (AvgIpc) is 2.74. The Labute approximate surface area is 111 Å². The van der Waals surface area contributed by atoms with Crippen molar-refractivity contribution in [3.63, 3.8) is 0 Å². The number of fused-ring (bicyclic) bond motifs is 1. The molecular weight excluding hydrogens is 248 g/mol. The minimum absolute atomic E-state index is 0.123. The van der Waals surface area contributed by atoms with Gasteiger partial charge in [-0.3, -0.25) is 4.40 Å². The summed E-state index contributed by atoms with van der Waals surface area (Å²) in [6.07, 6.45) is 6.22. The van der Waals surface area contributed by atoms with Crippen LogP contribution < -0.4 is 0 Å². The molecule has 0 N–H and O–H groups in total. The van der Waals surface area contributed by atoms with Crippen LogP contribution in [0.2, 0.25) is 5.15 Å². The van der Waals surface area contributed by atoms with E-state index in [2.05, 4.69) is 26.5 Å². The lowest BCUT2D eigenvalue weighted by atomic mass is 9.75. The number of rotatable bonds is 1. The van der Waals surface area contributed by atoms with Gasteiger partial charge in [0.25, 0.3) is 0 Å².